The van der Waals surface area contributed by atoms with Crippen LogP contribution in [0.2, 0.25) is 5.02 Å². The summed E-state index contributed by atoms with van der Waals surface area (Å²) in [6.45, 7) is 0.485. The molecule has 1 aromatic carbocycles. The molecule has 1 aliphatic rings. The molecule has 23 heavy (non-hydrogen) atoms. The molecule has 0 aliphatic heterocycles. The van der Waals surface area contributed by atoms with Gasteiger partial charge < -0.3 is 15.7 Å². The number of thiophene rings is 1. The van der Waals surface area contributed by atoms with Crippen molar-refractivity contribution < 1.29 is 9.90 Å². The molecule has 1 fully saturated rings. The van der Waals surface area contributed by atoms with Crippen LogP contribution in [0.25, 0.3) is 10.1 Å². The van der Waals surface area contributed by atoms with E-state index in [0.29, 0.717) is 19.4 Å². The minimum absolute atomic E-state index is 0. The van der Waals surface area contributed by atoms with Gasteiger partial charge in [0.1, 0.15) is 0 Å². The van der Waals surface area contributed by atoms with Crippen LogP contribution in [-0.4, -0.2) is 35.1 Å². The molecule has 3 rings (SSSR count). The van der Waals surface area contributed by atoms with Crippen molar-refractivity contribution in [2.24, 2.45) is 11.7 Å². The van der Waals surface area contributed by atoms with Crippen molar-refractivity contribution in [1.29, 1.82) is 0 Å². The lowest BCUT2D eigenvalue weighted by Gasteiger charge is -2.20. The maximum Gasteiger partial charge on any atom is 0.225 e. The predicted molar refractivity (Wildman–Crippen MR) is 97.3 cm³/mol. The van der Waals surface area contributed by atoms with Crippen LogP contribution < -0.4 is 5.73 Å². The molecule has 1 aromatic heterocycles. The van der Waals surface area contributed by atoms with Crippen LogP contribution >= 0.6 is 35.3 Å². The highest BCUT2D eigenvalue weighted by atomic mass is 35.5. The topological polar surface area (TPSA) is 66.6 Å². The van der Waals surface area contributed by atoms with Crippen molar-refractivity contribution in [3.05, 3.63) is 34.2 Å². The van der Waals surface area contributed by atoms with E-state index in [0.717, 1.165) is 20.0 Å². The van der Waals surface area contributed by atoms with Gasteiger partial charge >= 0.3 is 0 Å². The molecule has 0 unspecified atom stereocenters. The molecule has 0 spiro atoms. The summed E-state index contributed by atoms with van der Waals surface area (Å²) < 4.78 is 1.13. The SMILES string of the molecule is CN(Cc1sc2ccccc2c1Cl)C(=O)[C@H]1C[C@@H](N)[C@H](O)C1.Cl. The number of fused-ring (bicyclic) bond motifs is 1. The third-order valence-corrected chi connectivity index (χ3v) is 5.98. The molecule has 0 radical (unpaired) electrons. The molecule has 7 heteroatoms. The Hall–Kier alpha value is -0.850. The zero-order valence-electron chi connectivity index (χ0n) is 12.7. The summed E-state index contributed by atoms with van der Waals surface area (Å²) >= 11 is 8.04. The maximum absolute atomic E-state index is 12.5. The van der Waals surface area contributed by atoms with Crippen LogP contribution in [0, 0.1) is 5.92 Å². The van der Waals surface area contributed by atoms with Gasteiger partial charge in [-0.2, -0.15) is 0 Å². The van der Waals surface area contributed by atoms with Crippen molar-refractivity contribution in [3.63, 3.8) is 0 Å². The number of rotatable bonds is 3. The highest BCUT2D eigenvalue weighted by Crippen LogP contribution is 2.36. The number of hydrogen-bond donors (Lipinski definition) is 2. The number of benzene rings is 1. The third-order valence-electron chi connectivity index (χ3n) is 4.28. The molecule has 1 amide bonds. The second-order valence-corrected chi connectivity index (χ2v) is 7.44. The summed E-state index contributed by atoms with van der Waals surface area (Å²) in [4.78, 5) is 15.2. The smallest absolute Gasteiger partial charge is 0.225 e. The van der Waals surface area contributed by atoms with Gasteiger partial charge in [0.2, 0.25) is 5.91 Å². The van der Waals surface area contributed by atoms with Crippen molar-refractivity contribution in [2.45, 2.75) is 31.5 Å². The minimum Gasteiger partial charge on any atom is -0.391 e. The second kappa shape index (κ2) is 7.36. The molecule has 1 heterocycles. The number of aliphatic hydroxyl groups is 1. The third kappa shape index (κ3) is 3.64. The fourth-order valence-electron chi connectivity index (χ4n) is 3.02. The first-order valence-corrected chi connectivity index (χ1v) is 8.51. The molecule has 1 aliphatic carbocycles. The Morgan fingerprint density at radius 3 is 2.74 bits per heavy atom. The first-order chi connectivity index (χ1) is 10.5. The Kier molecular flexibility index (Phi) is 5.92. The number of amides is 1. The summed E-state index contributed by atoms with van der Waals surface area (Å²) in [7, 11) is 1.78. The van der Waals surface area contributed by atoms with Crippen molar-refractivity contribution >= 4 is 51.3 Å². The van der Waals surface area contributed by atoms with Gasteiger partial charge in [0.15, 0.2) is 0 Å². The monoisotopic (exact) mass is 374 g/mol. The van der Waals surface area contributed by atoms with Gasteiger partial charge in [0.05, 0.1) is 17.7 Å². The quantitative estimate of drug-likeness (QED) is 0.867. The number of hydrogen-bond acceptors (Lipinski definition) is 4. The van der Waals surface area contributed by atoms with E-state index in [4.69, 9.17) is 17.3 Å². The van der Waals surface area contributed by atoms with Crippen LogP contribution in [-0.2, 0) is 11.3 Å². The van der Waals surface area contributed by atoms with Gasteiger partial charge in [-0.25, -0.2) is 0 Å². The largest absolute Gasteiger partial charge is 0.391 e. The van der Waals surface area contributed by atoms with E-state index in [1.165, 1.54) is 0 Å². The summed E-state index contributed by atoms with van der Waals surface area (Å²) in [6.07, 6.45) is 0.421. The lowest BCUT2D eigenvalue weighted by Crippen LogP contribution is -2.32. The zero-order chi connectivity index (χ0) is 15.9. The first kappa shape index (κ1) is 18.5. The average Bonchev–Trinajstić information content (AvgIpc) is 3.00. The average molecular weight is 375 g/mol. The summed E-state index contributed by atoms with van der Waals surface area (Å²) in [5.74, 6) is -0.163. The normalized spacial score (nSPS) is 23.7. The van der Waals surface area contributed by atoms with E-state index in [9.17, 15) is 9.90 Å². The zero-order valence-corrected chi connectivity index (χ0v) is 15.1. The molecule has 0 saturated heterocycles. The molecule has 2 aromatic rings. The van der Waals surface area contributed by atoms with E-state index in [-0.39, 0.29) is 30.3 Å². The molecule has 4 nitrogen and oxygen atoms in total. The Labute approximate surface area is 150 Å². The van der Waals surface area contributed by atoms with Gasteiger partial charge in [-0.05, 0) is 18.9 Å². The van der Waals surface area contributed by atoms with Gasteiger partial charge in [0.25, 0.3) is 0 Å². The highest BCUT2D eigenvalue weighted by Gasteiger charge is 2.36. The van der Waals surface area contributed by atoms with E-state index in [2.05, 4.69) is 0 Å². The molecular formula is C16H20Cl2N2O2S. The number of carbonyl (C=O) groups is 1. The predicted octanol–water partition coefficient (Wildman–Crippen LogP) is 3.03. The lowest BCUT2D eigenvalue weighted by atomic mass is 10.1. The van der Waals surface area contributed by atoms with E-state index >= 15 is 0 Å². The highest BCUT2D eigenvalue weighted by molar-refractivity contribution is 7.19. The Morgan fingerprint density at radius 1 is 1.43 bits per heavy atom. The molecule has 3 atom stereocenters. The van der Waals surface area contributed by atoms with Crippen molar-refractivity contribution in [2.75, 3.05) is 7.05 Å². The number of aliphatic hydroxyl groups excluding tert-OH is 1. The lowest BCUT2D eigenvalue weighted by molar-refractivity contribution is -0.134. The van der Waals surface area contributed by atoms with Crippen molar-refractivity contribution in [3.8, 4) is 0 Å². The number of halogens is 2. The first-order valence-electron chi connectivity index (χ1n) is 7.32. The van der Waals surface area contributed by atoms with Crippen molar-refractivity contribution in [1.82, 2.24) is 4.90 Å². The van der Waals surface area contributed by atoms with Crippen LogP contribution in [0.5, 0.6) is 0 Å². The number of carbonyl (C=O) groups excluding carboxylic acids is 1. The van der Waals surface area contributed by atoms with Gasteiger partial charge in [-0.15, -0.1) is 23.7 Å². The second-order valence-electron chi connectivity index (χ2n) is 5.93. The summed E-state index contributed by atoms with van der Waals surface area (Å²) in [5.41, 5.74) is 5.79. The molecule has 0 bridgehead atoms. The van der Waals surface area contributed by atoms with Gasteiger partial charge in [0, 0.05) is 34.0 Å². The molecular weight excluding hydrogens is 355 g/mol. The number of nitrogens with two attached hydrogens (primary N) is 1. The molecule has 1 saturated carbocycles. The van der Waals surface area contributed by atoms with E-state index in [1.807, 2.05) is 24.3 Å². The fourth-order valence-corrected chi connectivity index (χ4v) is 4.57. The van der Waals surface area contributed by atoms with Crippen LogP contribution in [0.3, 0.4) is 0 Å². The van der Waals surface area contributed by atoms with Crippen LogP contribution in [0.1, 0.15) is 17.7 Å². The van der Waals surface area contributed by atoms with E-state index in [1.54, 1.807) is 23.3 Å². The number of nitrogens with zero attached hydrogens (tertiary/aromatic N) is 1. The Morgan fingerprint density at radius 2 is 2.13 bits per heavy atom. The minimum atomic E-state index is -0.574. The van der Waals surface area contributed by atoms with Crippen LogP contribution in [0.15, 0.2) is 24.3 Å². The Bertz CT molecular complexity index is 696. The van der Waals surface area contributed by atoms with Gasteiger partial charge in [-0.3, -0.25) is 4.79 Å². The Balaban J connectivity index is 0.00000192. The standard InChI is InChI=1S/C16H19ClN2O2S.ClH/c1-19(16(21)9-6-11(18)12(20)7-9)8-14-15(17)10-4-2-3-5-13(10)22-14;/h2-5,9,11-12,20H,6-8,18H2,1H3;1H/t9-,11+,12+;/m0./s1. The fraction of sp³-hybridized carbons (Fsp3) is 0.438. The summed E-state index contributed by atoms with van der Waals surface area (Å²) in [6, 6.07) is 7.67. The summed E-state index contributed by atoms with van der Waals surface area (Å²) in [5, 5.41) is 11.5. The molecule has 3 N–H and O–H groups in total. The van der Waals surface area contributed by atoms with E-state index < -0.39 is 6.10 Å². The van der Waals surface area contributed by atoms with Crippen LogP contribution in [0.4, 0.5) is 0 Å². The molecule has 126 valence electrons. The maximum atomic E-state index is 12.5. The van der Waals surface area contributed by atoms with Gasteiger partial charge in [-0.1, -0.05) is 29.8 Å².